The van der Waals surface area contributed by atoms with Crippen molar-refractivity contribution in [1.82, 2.24) is 10.4 Å². The van der Waals surface area contributed by atoms with Gasteiger partial charge in [-0.1, -0.05) is 6.92 Å². The largest absolute Gasteiger partial charge is 0.391 e. The standard InChI is InChI=1S/C13H23F3N2O4/c1-5-6-17-11(21)10(20)9(7-13(14,15)16)18(8-19)22-12(2,3)4/h8-10,20H,5-7H2,1-4H3,(H,17,21). The maximum atomic E-state index is 12.7. The van der Waals surface area contributed by atoms with E-state index in [0.717, 1.165) is 0 Å². The van der Waals surface area contributed by atoms with Crippen molar-refractivity contribution in [1.29, 1.82) is 0 Å². The van der Waals surface area contributed by atoms with Gasteiger partial charge in [-0.05, 0) is 27.2 Å². The van der Waals surface area contributed by atoms with Crippen molar-refractivity contribution < 1.29 is 32.7 Å². The highest BCUT2D eigenvalue weighted by atomic mass is 19.4. The molecule has 0 rings (SSSR count). The molecule has 0 aromatic rings. The molecule has 9 heteroatoms. The van der Waals surface area contributed by atoms with E-state index in [2.05, 4.69) is 5.32 Å². The smallest absolute Gasteiger partial charge is 0.381 e. The van der Waals surface area contributed by atoms with Gasteiger partial charge in [-0.2, -0.15) is 13.2 Å². The predicted octanol–water partition coefficient (Wildman–Crippen LogP) is 1.38. The Kier molecular flexibility index (Phi) is 7.82. The second-order valence-corrected chi connectivity index (χ2v) is 5.79. The lowest BCUT2D eigenvalue weighted by molar-refractivity contribution is -0.257. The number of hydrogen-bond donors (Lipinski definition) is 2. The number of carbonyl (C=O) groups excluding carboxylic acids is 2. The maximum Gasteiger partial charge on any atom is 0.391 e. The molecular weight excluding hydrogens is 305 g/mol. The Labute approximate surface area is 127 Å². The second-order valence-electron chi connectivity index (χ2n) is 5.79. The average molecular weight is 328 g/mol. The SMILES string of the molecule is CCCNC(=O)C(O)C(CC(F)(F)F)N(C=O)OC(C)(C)C. The number of carbonyl (C=O) groups is 2. The van der Waals surface area contributed by atoms with Crippen molar-refractivity contribution in [3.05, 3.63) is 0 Å². The number of nitrogens with zero attached hydrogens (tertiary/aromatic N) is 1. The third kappa shape index (κ3) is 8.18. The molecule has 0 spiro atoms. The lowest BCUT2D eigenvalue weighted by Gasteiger charge is -2.35. The van der Waals surface area contributed by atoms with Crippen molar-refractivity contribution in [2.24, 2.45) is 0 Å². The van der Waals surface area contributed by atoms with E-state index in [1.165, 1.54) is 20.8 Å². The van der Waals surface area contributed by atoms with Crippen LogP contribution in [0.3, 0.4) is 0 Å². The highest BCUT2D eigenvalue weighted by Crippen LogP contribution is 2.27. The third-order valence-corrected chi connectivity index (χ3v) is 2.43. The van der Waals surface area contributed by atoms with E-state index in [1.807, 2.05) is 0 Å². The van der Waals surface area contributed by atoms with Crippen LogP contribution in [0.1, 0.15) is 40.5 Å². The molecule has 0 saturated carbocycles. The second kappa shape index (κ2) is 8.33. The molecule has 2 unspecified atom stereocenters. The van der Waals surface area contributed by atoms with E-state index in [-0.39, 0.29) is 13.0 Å². The summed E-state index contributed by atoms with van der Waals surface area (Å²) in [6, 6.07) is -1.87. The van der Waals surface area contributed by atoms with E-state index < -0.39 is 36.3 Å². The number of aliphatic hydroxyl groups excluding tert-OH is 1. The summed E-state index contributed by atoms with van der Waals surface area (Å²) in [5.74, 6) is -0.986. The zero-order valence-corrected chi connectivity index (χ0v) is 13.1. The van der Waals surface area contributed by atoms with Gasteiger partial charge >= 0.3 is 6.18 Å². The van der Waals surface area contributed by atoms with Gasteiger partial charge in [-0.15, -0.1) is 0 Å². The first-order valence-electron chi connectivity index (χ1n) is 6.86. The Morgan fingerprint density at radius 3 is 2.27 bits per heavy atom. The number of hydroxylamine groups is 2. The van der Waals surface area contributed by atoms with E-state index >= 15 is 0 Å². The highest BCUT2D eigenvalue weighted by Gasteiger charge is 2.42. The van der Waals surface area contributed by atoms with Crippen LogP contribution in [0.15, 0.2) is 0 Å². The third-order valence-electron chi connectivity index (χ3n) is 2.43. The normalized spacial score (nSPS) is 15.1. The molecule has 0 radical (unpaired) electrons. The van der Waals surface area contributed by atoms with Gasteiger partial charge in [-0.25, -0.2) is 5.06 Å². The summed E-state index contributed by atoms with van der Waals surface area (Å²) in [7, 11) is 0. The minimum absolute atomic E-state index is 0.0258. The molecule has 0 bridgehead atoms. The summed E-state index contributed by atoms with van der Waals surface area (Å²) in [4.78, 5) is 27.8. The first-order chi connectivity index (χ1) is 9.91. The van der Waals surface area contributed by atoms with Crippen LogP contribution in [0.25, 0.3) is 0 Å². The molecule has 6 nitrogen and oxygen atoms in total. The number of rotatable bonds is 8. The van der Waals surface area contributed by atoms with Crippen LogP contribution in [-0.2, 0) is 14.4 Å². The van der Waals surface area contributed by atoms with Gasteiger partial charge in [0, 0.05) is 6.54 Å². The Morgan fingerprint density at radius 1 is 1.36 bits per heavy atom. The molecule has 2 N–H and O–H groups in total. The Balaban J connectivity index is 5.24. The van der Waals surface area contributed by atoms with Crippen LogP contribution in [0.2, 0.25) is 0 Å². The van der Waals surface area contributed by atoms with Gasteiger partial charge in [0.1, 0.15) is 6.04 Å². The molecule has 0 aliphatic rings. The first kappa shape index (κ1) is 20.6. The first-order valence-corrected chi connectivity index (χ1v) is 6.86. The zero-order chi connectivity index (χ0) is 17.6. The summed E-state index contributed by atoms with van der Waals surface area (Å²) in [5, 5.41) is 12.5. The van der Waals surface area contributed by atoms with Crippen molar-refractivity contribution in [2.75, 3.05) is 6.54 Å². The lowest BCUT2D eigenvalue weighted by atomic mass is 10.1. The van der Waals surface area contributed by atoms with Crippen LogP contribution >= 0.6 is 0 Å². The average Bonchev–Trinajstić information content (AvgIpc) is 2.36. The molecule has 0 aliphatic heterocycles. The molecule has 2 atom stereocenters. The molecule has 0 aromatic carbocycles. The summed E-state index contributed by atoms with van der Waals surface area (Å²) in [6.45, 7) is 6.53. The monoisotopic (exact) mass is 328 g/mol. The summed E-state index contributed by atoms with van der Waals surface area (Å²) < 4.78 is 38.0. The fourth-order valence-electron chi connectivity index (χ4n) is 1.59. The summed E-state index contributed by atoms with van der Waals surface area (Å²) in [6.07, 6.45) is -7.72. The number of alkyl halides is 3. The predicted molar refractivity (Wildman–Crippen MR) is 72.5 cm³/mol. The molecule has 0 saturated heterocycles. The van der Waals surface area contributed by atoms with Gasteiger partial charge in [-0.3, -0.25) is 14.4 Å². The molecule has 0 fully saturated rings. The Bertz CT molecular complexity index is 369. The number of nitrogens with one attached hydrogen (secondary N) is 1. The van der Waals surface area contributed by atoms with Crippen molar-refractivity contribution >= 4 is 12.3 Å². The number of amides is 2. The fourth-order valence-corrected chi connectivity index (χ4v) is 1.59. The number of aliphatic hydroxyl groups is 1. The summed E-state index contributed by atoms with van der Waals surface area (Å²) >= 11 is 0. The minimum atomic E-state index is -4.68. The molecule has 0 aromatic heterocycles. The Hall–Kier alpha value is -1.35. The van der Waals surface area contributed by atoms with E-state index in [4.69, 9.17) is 4.84 Å². The van der Waals surface area contributed by atoms with Crippen molar-refractivity contribution in [3.63, 3.8) is 0 Å². The molecule has 0 aliphatic carbocycles. The lowest BCUT2D eigenvalue weighted by Crippen LogP contribution is -2.53. The molecule has 0 heterocycles. The van der Waals surface area contributed by atoms with Gasteiger partial charge in [0.25, 0.3) is 5.91 Å². The molecular formula is C13H23F3N2O4. The van der Waals surface area contributed by atoms with E-state index in [9.17, 15) is 27.9 Å². The highest BCUT2D eigenvalue weighted by molar-refractivity contribution is 5.81. The van der Waals surface area contributed by atoms with E-state index in [0.29, 0.717) is 11.5 Å². The van der Waals surface area contributed by atoms with E-state index in [1.54, 1.807) is 6.92 Å². The van der Waals surface area contributed by atoms with Crippen molar-refractivity contribution in [3.8, 4) is 0 Å². The van der Waals surface area contributed by atoms with Gasteiger partial charge in [0.15, 0.2) is 6.10 Å². The van der Waals surface area contributed by atoms with Crippen LogP contribution < -0.4 is 5.32 Å². The molecule has 22 heavy (non-hydrogen) atoms. The number of hydrogen-bond acceptors (Lipinski definition) is 4. The van der Waals surface area contributed by atoms with Crippen LogP contribution in [-0.4, -0.2) is 53.0 Å². The van der Waals surface area contributed by atoms with Crippen LogP contribution in [0, 0.1) is 0 Å². The van der Waals surface area contributed by atoms with Gasteiger partial charge < -0.3 is 10.4 Å². The zero-order valence-electron chi connectivity index (χ0n) is 13.1. The topological polar surface area (TPSA) is 78.9 Å². The van der Waals surface area contributed by atoms with Crippen LogP contribution in [0.4, 0.5) is 13.2 Å². The minimum Gasteiger partial charge on any atom is -0.381 e. The fraction of sp³-hybridized carbons (Fsp3) is 0.846. The molecule has 2 amide bonds. The Morgan fingerprint density at radius 2 is 1.91 bits per heavy atom. The van der Waals surface area contributed by atoms with Crippen molar-refractivity contribution in [2.45, 2.75) is 64.5 Å². The molecule has 130 valence electrons. The van der Waals surface area contributed by atoms with Gasteiger partial charge in [0.05, 0.1) is 12.0 Å². The van der Waals surface area contributed by atoms with Gasteiger partial charge in [0.2, 0.25) is 6.41 Å². The summed E-state index contributed by atoms with van der Waals surface area (Å²) in [5.41, 5.74) is -0.968. The van der Waals surface area contributed by atoms with Crippen LogP contribution in [0.5, 0.6) is 0 Å². The number of halogens is 3. The maximum absolute atomic E-state index is 12.7. The quantitative estimate of drug-likeness (QED) is 0.521.